The zero-order chi connectivity index (χ0) is 18.0. The van der Waals surface area contributed by atoms with Gasteiger partial charge in [0.05, 0.1) is 23.5 Å². The highest BCUT2D eigenvalue weighted by Gasteiger charge is 2.20. The number of carbonyl (C=O) groups excluding carboxylic acids is 1. The maximum atomic E-state index is 12.8. The fourth-order valence-corrected chi connectivity index (χ4v) is 2.97. The van der Waals surface area contributed by atoms with E-state index in [9.17, 15) is 13.6 Å². The second-order valence-corrected chi connectivity index (χ2v) is 6.40. The Morgan fingerprint density at radius 1 is 1.48 bits per heavy atom. The Balaban J connectivity index is 1.68. The summed E-state index contributed by atoms with van der Waals surface area (Å²) in [4.78, 5) is 22.9. The predicted octanol–water partition coefficient (Wildman–Crippen LogP) is 3.50. The van der Waals surface area contributed by atoms with Crippen LogP contribution >= 0.6 is 11.3 Å². The molecule has 0 unspecified atom stereocenters. The summed E-state index contributed by atoms with van der Waals surface area (Å²) in [5.41, 5.74) is 0.539. The van der Waals surface area contributed by atoms with Crippen LogP contribution in [0.5, 0.6) is 0 Å². The zero-order valence-corrected chi connectivity index (χ0v) is 14.5. The van der Waals surface area contributed by atoms with E-state index in [-0.39, 0.29) is 24.7 Å². The average Bonchev–Trinajstić information content (AvgIpc) is 3.28. The van der Waals surface area contributed by atoms with Gasteiger partial charge in [-0.3, -0.25) is 9.36 Å². The molecule has 1 amide bonds. The third kappa shape index (κ3) is 3.76. The van der Waals surface area contributed by atoms with Gasteiger partial charge in [0.25, 0.3) is 0 Å². The molecule has 132 valence electrons. The molecular weight excluding hydrogens is 350 g/mol. The van der Waals surface area contributed by atoms with E-state index in [1.54, 1.807) is 14.0 Å². The molecule has 3 aromatic rings. The Morgan fingerprint density at radius 3 is 2.96 bits per heavy atom. The van der Waals surface area contributed by atoms with Crippen molar-refractivity contribution >= 4 is 17.2 Å². The summed E-state index contributed by atoms with van der Waals surface area (Å²) in [6.07, 6.45) is 2.51. The number of oxazole rings is 1. The van der Waals surface area contributed by atoms with Crippen LogP contribution in [0.2, 0.25) is 0 Å². The van der Waals surface area contributed by atoms with Crippen LogP contribution in [0.25, 0.3) is 10.8 Å². The van der Waals surface area contributed by atoms with E-state index in [0.29, 0.717) is 17.3 Å². The van der Waals surface area contributed by atoms with Crippen molar-refractivity contribution < 1.29 is 18.0 Å². The third-order valence-electron chi connectivity index (χ3n) is 3.71. The summed E-state index contributed by atoms with van der Waals surface area (Å²) >= 11 is 1.50. The molecule has 0 spiro atoms. The van der Waals surface area contributed by atoms with Gasteiger partial charge in [0.1, 0.15) is 11.6 Å². The molecule has 3 aromatic heterocycles. The first-order valence-electron chi connectivity index (χ1n) is 7.49. The molecule has 3 heterocycles. The van der Waals surface area contributed by atoms with Crippen molar-refractivity contribution in [3.8, 4) is 10.8 Å². The number of amides is 1. The van der Waals surface area contributed by atoms with Crippen LogP contribution in [0.15, 0.2) is 34.3 Å². The number of hydrogen-bond acceptors (Lipinski definition) is 5. The van der Waals surface area contributed by atoms with Crippen LogP contribution in [0.1, 0.15) is 23.8 Å². The summed E-state index contributed by atoms with van der Waals surface area (Å²) in [5, 5.41) is 1.92. The number of aromatic nitrogens is 3. The maximum Gasteiger partial charge on any atom is 0.319 e. The van der Waals surface area contributed by atoms with Gasteiger partial charge >= 0.3 is 6.55 Å². The number of rotatable bonds is 6. The molecule has 9 heteroatoms. The van der Waals surface area contributed by atoms with Crippen LogP contribution in [-0.2, 0) is 17.8 Å². The summed E-state index contributed by atoms with van der Waals surface area (Å²) in [7, 11) is 1.54. The van der Waals surface area contributed by atoms with Crippen LogP contribution in [-0.4, -0.2) is 32.4 Å². The van der Waals surface area contributed by atoms with Gasteiger partial charge in [-0.05, 0) is 18.4 Å². The quantitative estimate of drug-likeness (QED) is 0.670. The molecule has 0 fully saturated rings. The SMILES string of the molecule is Cc1oc(-c2cccs2)nc1CC(=O)N(C)Cc1nccn1C(F)F. The maximum absolute atomic E-state index is 12.8. The van der Waals surface area contributed by atoms with Gasteiger partial charge in [0, 0.05) is 19.4 Å². The highest BCUT2D eigenvalue weighted by molar-refractivity contribution is 7.13. The standard InChI is InChI=1S/C16H16F2N4O2S/c1-10-11(20-15(24-10)12-4-3-7-25-12)8-14(23)21(2)9-13-19-5-6-22(13)16(17)18/h3-7,16H,8-9H2,1-2H3. The van der Waals surface area contributed by atoms with Crippen molar-refractivity contribution in [2.24, 2.45) is 0 Å². The molecule has 0 saturated carbocycles. The van der Waals surface area contributed by atoms with E-state index in [4.69, 9.17) is 4.42 Å². The molecule has 0 N–H and O–H groups in total. The lowest BCUT2D eigenvalue weighted by Crippen LogP contribution is -2.29. The minimum atomic E-state index is -2.69. The average molecular weight is 366 g/mol. The van der Waals surface area contributed by atoms with Gasteiger partial charge in [-0.2, -0.15) is 8.78 Å². The normalized spacial score (nSPS) is 11.2. The first-order valence-corrected chi connectivity index (χ1v) is 8.37. The molecule has 0 radical (unpaired) electrons. The van der Waals surface area contributed by atoms with Gasteiger partial charge in [0.15, 0.2) is 0 Å². The van der Waals surface area contributed by atoms with Gasteiger partial charge < -0.3 is 9.32 Å². The molecule has 0 bridgehead atoms. The number of alkyl halides is 2. The molecule has 0 atom stereocenters. The molecule has 0 aliphatic carbocycles. The van der Waals surface area contributed by atoms with Crippen molar-refractivity contribution in [1.82, 2.24) is 19.4 Å². The first-order chi connectivity index (χ1) is 12.0. The Hall–Kier alpha value is -2.55. The molecule has 25 heavy (non-hydrogen) atoms. The number of imidazole rings is 1. The van der Waals surface area contributed by atoms with E-state index in [2.05, 4.69) is 9.97 Å². The lowest BCUT2D eigenvalue weighted by Gasteiger charge is -2.17. The number of hydrogen-bond donors (Lipinski definition) is 0. The van der Waals surface area contributed by atoms with E-state index in [0.717, 1.165) is 9.44 Å². The van der Waals surface area contributed by atoms with E-state index in [1.165, 1.54) is 28.6 Å². The van der Waals surface area contributed by atoms with Crippen molar-refractivity contribution in [3.63, 3.8) is 0 Å². The molecule has 3 rings (SSSR count). The third-order valence-corrected chi connectivity index (χ3v) is 4.56. The Morgan fingerprint density at radius 2 is 2.28 bits per heavy atom. The first kappa shape index (κ1) is 17.3. The predicted molar refractivity (Wildman–Crippen MR) is 88.2 cm³/mol. The molecule has 0 aliphatic rings. The second-order valence-electron chi connectivity index (χ2n) is 5.45. The highest BCUT2D eigenvalue weighted by Crippen LogP contribution is 2.26. The Kier molecular flexibility index (Phi) is 4.93. The smallest absolute Gasteiger partial charge is 0.319 e. The van der Waals surface area contributed by atoms with Crippen molar-refractivity contribution in [2.45, 2.75) is 26.4 Å². The monoisotopic (exact) mass is 366 g/mol. The van der Waals surface area contributed by atoms with Crippen LogP contribution in [0.4, 0.5) is 8.78 Å². The van der Waals surface area contributed by atoms with Crippen molar-refractivity contribution in [2.75, 3.05) is 7.05 Å². The lowest BCUT2D eigenvalue weighted by atomic mass is 10.2. The van der Waals surface area contributed by atoms with Gasteiger partial charge in [0.2, 0.25) is 11.8 Å². The fraction of sp³-hybridized carbons (Fsp3) is 0.312. The number of likely N-dealkylation sites (N-methyl/N-ethyl adjacent to an activating group) is 1. The van der Waals surface area contributed by atoms with Gasteiger partial charge in [-0.15, -0.1) is 11.3 Å². The lowest BCUT2D eigenvalue weighted by molar-refractivity contribution is -0.130. The van der Waals surface area contributed by atoms with E-state index >= 15 is 0 Å². The van der Waals surface area contributed by atoms with Crippen molar-refractivity contribution in [3.05, 3.63) is 47.2 Å². The van der Waals surface area contributed by atoms with Crippen LogP contribution in [0, 0.1) is 6.92 Å². The topological polar surface area (TPSA) is 64.2 Å². The minimum Gasteiger partial charge on any atom is -0.440 e. The Labute approximate surface area is 146 Å². The second kappa shape index (κ2) is 7.14. The zero-order valence-electron chi connectivity index (χ0n) is 13.6. The molecular formula is C16H16F2N4O2S. The van der Waals surface area contributed by atoms with Gasteiger partial charge in [-0.25, -0.2) is 9.97 Å². The molecule has 0 saturated heterocycles. The van der Waals surface area contributed by atoms with Crippen molar-refractivity contribution in [1.29, 1.82) is 0 Å². The number of carbonyl (C=O) groups is 1. The number of halogens is 2. The number of nitrogens with zero attached hydrogens (tertiary/aromatic N) is 4. The van der Waals surface area contributed by atoms with Crippen LogP contribution < -0.4 is 0 Å². The largest absolute Gasteiger partial charge is 0.440 e. The molecule has 0 aromatic carbocycles. The number of thiophene rings is 1. The highest BCUT2D eigenvalue weighted by atomic mass is 32.1. The van der Waals surface area contributed by atoms with Gasteiger partial charge in [-0.1, -0.05) is 6.07 Å². The summed E-state index contributed by atoms with van der Waals surface area (Å²) in [5.74, 6) is 0.922. The molecule has 0 aliphatic heterocycles. The van der Waals surface area contributed by atoms with E-state index in [1.807, 2.05) is 17.5 Å². The number of aryl methyl sites for hydroxylation is 1. The summed E-state index contributed by atoms with van der Waals surface area (Å²) < 4.78 is 32.0. The molecule has 6 nitrogen and oxygen atoms in total. The van der Waals surface area contributed by atoms with E-state index < -0.39 is 6.55 Å². The summed E-state index contributed by atoms with van der Waals surface area (Å²) in [6.45, 7) is -0.951. The Bertz CT molecular complexity index is 858. The van der Waals surface area contributed by atoms with Crippen LogP contribution in [0.3, 0.4) is 0 Å². The minimum absolute atomic E-state index is 0.00907. The summed E-state index contributed by atoms with van der Waals surface area (Å²) in [6, 6.07) is 3.78. The fourth-order valence-electron chi connectivity index (χ4n) is 2.32.